The molecule has 29 heavy (non-hydrogen) atoms. The molecule has 1 atom stereocenters. The maximum Gasteiger partial charge on any atom is 0.337 e. The van der Waals surface area contributed by atoms with Crippen molar-refractivity contribution >= 4 is 23.8 Å². The van der Waals surface area contributed by atoms with Crippen molar-refractivity contribution in [1.82, 2.24) is 25.8 Å². The molecule has 0 fully saturated rings. The van der Waals surface area contributed by atoms with E-state index in [4.69, 9.17) is 9.47 Å². The molecule has 10 heteroatoms. The fraction of sp³-hybridized carbons (Fsp3) is 0.368. The van der Waals surface area contributed by atoms with Gasteiger partial charge in [-0.3, -0.25) is 5.10 Å². The van der Waals surface area contributed by atoms with Crippen LogP contribution in [0.4, 0.5) is 4.79 Å². The van der Waals surface area contributed by atoms with Crippen LogP contribution in [-0.2, 0) is 9.53 Å². The van der Waals surface area contributed by atoms with Gasteiger partial charge in [-0.2, -0.15) is 0 Å². The van der Waals surface area contributed by atoms with Gasteiger partial charge in [0.15, 0.2) is 5.82 Å². The highest BCUT2D eigenvalue weighted by Gasteiger charge is 2.31. The summed E-state index contributed by atoms with van der Waals surface area (Å²) in [5, 5.41) is 13.1. The van der Waals surface area contributed by atoms with Gasteiger partial charge < -0.3 is 20.1 Å². The Morgan fingerprint density at radius 2 is 2.00 bits per heavy atom. The van der Waals surface area contributed by atoms with Crippen molar-refractivity contribution in [2.75, 3.05) is 19.5 Å². The van der Waals surface area contributed by atoms with Crippen LogP contribution in [0.25, 0.3) is 11.4 Å². The molecule has 3 N–H and O–H groups in total. The lowest BCUT2D eigenvalue weighted by Gasteiger charge is -2.28. The minimum Gasteiger partial charge on any atom is -0.497 e. The number of H-pyrrole nitrogens is 1. The van der Waals surface area contributed by atoms with Gasteiger partial charge in [0, 0.05) is 17.0 Å². The van der Waals surface area contributed by atoms with E-state index >= 15 is 0 Å². The standard InChI is InChI=1S/C19H23N5O4S/c1-4-13-15(17(25)28-5-2)14(21-18(26)20-13)10-29-19-22-16(23-24-19)11-6-8-12(27-3)9-7-11/h6-9,13H,4-5,10H2,1-3H3,(H2,20,21,26)(H,22,23,24)/t13-/m0/s1. The summed E-state index contributed by atoms with van der Waals surface area (Å²) < 4.78 is 10.3. The van der Waals surface area contributed by atoms with Crippen LogP contribution in [-0.4, -0.2) is 52.7 Å². The number of urea groups is 1. The molecule has 2 heterocycles. The van der Waals surface area contributed by atoms with E-state index in [1.807, 2.05) is 31.2 Å². The van der Waals surface area contributed by atoms with Crippen LogP contribution in [0.1, 0.15) is 20.3 Å². The van der Waals surface area contributed by atoms with Crippen molar-refractivity contribution in [2.24, 2.45) is 0 Å². The van der Waals surface area contributed by atoms with E-state index in [9.17, 15) is 9.59 Å². The first kappa shape index (κ1) is 20.7. The van der Waals surface area contributed by atoms with Crippen molar-refractivity contribution < 1.29 is 19.1 Å². The number of carbonyl (C=O) groups excluding carboxylic acids is 2. The quantitative estimate of drug-likeness (QED) is 0.446. The second-order valence-corrected chi connectivity index (χ2v) is 7.10. The number of esters is 1. The summed E-state index contributed by atoms with van der Waals surface area (Å²) in [4.78, 5) is 28.8. The van der Waals surface area contributed by atoms with E-state index < -0.39 is 5.97 Å². The van der Waals surface area contributed by atoms with Gasteiger partial charge in [-0.05, 0) is 37.6 Å². The van der Waals surface area contributed by atoms with Crippen molar-refractivity contribution in [3.8, 4) is 17.1 Å². The molecule has 0 unspecified atom stereocenters. The average molecular weight is 417 g/mol. The summed E-state index contributed by atoms with van der Waals surface area (Å²) in [6, 6.07) is 6.73. The van der Waals surface area contributed by atoms with Gasteiger partial charge in [0.1, 0.15) is 5.75 Å². The van der Waals surface area contributed by atoms with Gasteiger partial charge in [0.2, 0.25) is 5.16 Å². The molecule has 9 nitrogen and oxygen atoms in total. The molecule has 0 radical (unpaired) electrons. The summed E-state index contributed by atoms with van der Waals surface area (Å²) >= 11 is 1.32. The number of benzene rings is 1. The predicted molar refractivity (Wildman–Crippen MR) is 109 cm³/mol. The number of amides is 2. The van der Waals surface area contributed by atoms with E-state index in [1.54, 1.807) is 14.0 Å². The first-order valence-corrected chi connectivity index (χ1v) is 10.2. The van der Waals surface area contributed by atoms with Crippen LogP contribution < -0.4 is 15.4 Å². The van der Waals surface area contributed by atoms with Gasteiger partial charge >= 0.3 is 12.0 Å². The number of aromatic nitrogens is 3. The van der Waals surface area contributed by atoms with E-state index in [-0.39, 0.29) is 18.7 Å². The van der Waals surface area contributed by atoms with Gasteiger partial charge in [-0.25, -0.2) is 14.6 Å². The molecule has 1 aromatic carbocycles. The first-order chi connectivity index (χ1) is 14.0. The summed E-state index contributed by atoms with van der Waals surface area (Å²) in [7, 11) is 1.61. The third kappa shape index (κ3) is 4.89. The molecule has 0 saturated heterocycles. The second kappa shape index (κ2) is 9.46. The number of rotatable bonds is 8. The molecular weight excluding hydrogens is 394 g/mol. The maximum absolute atomic E-state index is 12.4. The normalized spacial score (nSPS) is 16.2. The molecule has 1 aromatic heterocycles. The van der Waals surface area contributed by atoms with Gasteiger partial charge in [-0.15, -0.1) is 5.10 Å². The lowest BCUT2D eigenvalue weighted by Crippen LogP contribution is -2.50. The van der Waals surface area contributed by atoms with Crippen LogP contribution in [0, 0.1) is 0 Å². The van der Waals surface area contributed by atoms with Crippen molar-refractivity contribution in [1.29, 1.82) is 0 Å². The average Bonchev–Trinajstić information content (AvgIpc) is 3.21. The molecule has 0 aliphatic carbocycles. The third-order valence-corrected chi connectivity index (χ3v) is 5.19. The number of methoxy groups -OCH3 is 1. The summed E-state index contributed by atoms with van der Waals surface area (Å²) in [6.07, 6.45) is 0.581. The number of ether oxygens (including phenoxy) is 2. The number of hydrogen-bond acceptors (Lipinski definition) is 7. The Bertz CT molecular complexity index is 910. The van der Waals surface area contributed by atoms with Crippen LogP contribution in [0.2, 0.25) is 0 Å². The zero-order chi connectivity index (χ0) is 20.8. The molecule has 2 amide bonds. The number of nitrogens with one attached hydrogen (secondary N) is 3. The largest absolute Gasteiger partial charge is 0.497 e. The monoisotopic (exact) mass is 417 g/mol. The summed E-state index contributed by atoms with van der Waals surface area (Å²) in [6.45, 7) is 3.91. The number of carbonyl (C=O) groups is 2. The molecule has 0 saturated carbocycles. The predicted octanol–water partition coefficient (Wildman–Crippen LogP) is 2.48. The molecule has 0 spiro atoms. The first-order valence-electron chi connectivity index (χ1n) is 9.23. The van der Waals surface area contributed by atoms with Crippen LogP contribution in [0.3, 0.4) is 0 Å². The molecular formula is C19H23N5O4S. The SMILES string of the molecule is CCOC(=O)C1=C(CSc2n[nH]c(-c3ccc(OC)cc3)n2)NC(=O)N[C@H]1CC. The van der Waals surface area contributed by atoms with Crippen LogP contribution in [0.15, 0.2) is 40.7 Å². The second-order valence-electron chi connectivity index (χ2n) is 6.16. The highest BCUT2D eigenvalue weighted by Crippen LogP contribution is 2.25. The Morgan fingerprint density at radius 1 is 1.24 bits per heavy atom. The smallest absolute Gasteiger partial charge is 0.337 e. The molecule has 1 aliphatic rings. The van der Waals surface area contributed by atoms with Crippen molar-refractivity contribution in [3.63, 3.8) is 0 Å². The number of hydrogen-bond donors (Lipinski definition) is 3. The zero-order valence-corrected chi connectivity index (χ0v) is 17.3. The van der Waals surface area contributed by atoms with Crippen molar-refractivity contribution in [2.45, 2.75) is 31.5 Å². The van der Waals surface area contributed by atoms with E-state index in [2.05, 4.69) is 25.8 Å². The number of aromatic amines is 1. The minimum absolute atomic E-state index is 0.263. The highest BCUT2D eigenvalue weighted by molar-refractivity contribution is 7.99. The number of thioether (sulfide) groups is 1. The zero-order valence-electron chi connectivity index (χ0n) is 16.4. The molecule has 154 valence electrons. The van der Waals surface area contributed by atoms with E-state index in [0.29, 0.717) is 34.4 Å². The lowest BCUT2D eigenvalue weighted by molar-refractivity contribution is -0.139. The maximum atomic E-state index is 12.4. The van der Waals surface area contributed by atoms with Crippen LogP contribution in [0.5, 0.6) is 5.75 Å². The Morgan fingerprint density at radius 3 is 2.66 bits per heavy atom. The van der Waals surface area contributed by atoms with Crippen LogP contribution >= 0.6 is 11.8 Å². The fourth-order valence-electron chi connectivity index (χ4n) is 2.90. The Hall–Kier alpha value is -3.01. The molecule has 1 aliphatic heterocycles. The summed E-state index contributed by atoms with van der Waals surface area (Å²) in [5.41, 5.74) is 1.82. The molecule has 2 aromatic rings. The lowest BCUT2D eigenvalue weighted by atomic mass is 10.0. The van der Waals surface area contributed by atoms with Gasteiger partial charge in [0.05, 0.1) is 25.3 Å². The van der Waals surface area contributed by atoms with Gasteiger partial charge in [-0.1, -0.05) is 18.7 Å². The van der Waals surface area contributed by atoms with Crippen molar-refractivity contribution in [3.05, 3.63) is 35.5 Å². The summed E-state index contributed by atoms with van der Waals surface area (Å²) in [5.74, 6) is 1.28. The molecule has 3 rings (SSSR count). The number of nitrogens with zero attached hydrogens (tertiary/aromatic N) is 2. The topological polar surface area (TPSA) is 118 Å². The minimum atomic E-state index is -0.434. The van der Waals surface area contributed by atoms with E-state index in [0.717, 1.165) is 11.3 Å². The highest BCUT2D eigenvalue weighted by atomic mass is 32.2. The Kier molecular flexibility index (Phi) is 6.76. The van der Waals surface area contributed by atoms with Gasteiger partial charge in [0.25, 0.3) is 0 Å². The third-order valence-electron chi connectivity index (χ3n) is 4.32. The Labute approximate surface area is 172 Å². The fourth-order valence-corrected chi connectivity index (χ4v) is 3.67. The van der Waals surface area contributed by atoms with E-state index in [1.165, 1.54) is 11.8 Å². The Balaban J connectivity index is 1.76. The molecule has 0 bridgehead atoms.